The highest BCUT2D eigenvalue weighted by atomic mass is 35.5. The van der Waals surface area contributed by atoms with E-state index in [9.17, 15) is 13.5 Å². The molecule has 0 aliphatic carbocycles. The summed E-state index contributed by atoms with van der Waals surface area (Å²) in [4.78, 5) is -0.167. The minimum Gasteiger partial charge on any atom is -0.495 e. The maximum absolute atomic E-state index is 11.8. The predicted molar refractivity (Wildman–Crippen MR) is 117 cm³/mol. The SMILES string of the molecule is CCOc1ccccc1OCCNC(C)C(O)c1ccc(OC)c(S(N)(=O)=O)c1.Cl. The van der Waals surface area contributed by atoms with Gasteiger partial charge in [0.2, 0.25) is 10.0 Å². The molecule has 0 saturated heterocycles. The van der Waals surface area contributed by atoms with Gasteiger partial charge in [-0.3, -0.25) is 0 Å². The molecule has 10 heteroatoms. The third kappa shape index (κ3) is 7.03. The molecule has 8 nitrogen and oxygen atoms in total. The minimum absolute atomic E-state index is 0. The number of nitrogens with one attached hydrogen (secondary N) is 1. The van der Waals surface area contributed by atoms with Gasteiger partial charge in [-0.05, 0) is 43.7 Å². The topological polar surface area (TPSA) is 120 Å². The van der Waals surface area contributed by atoms with E-state index in [-0.39, 0.29) is 29.1 Å². The molecule has 4 N–H and O–H groups in total. The molecule has 168 valence electrons. The van der Waals surface area contributed by atoms with Crippen molar-refractivity contribution in [3.05, 3.63) is 48.0 Å². The maximum Gasteiger partial charge on any atom is 0.241 e. The molecule has 2 unspecified atom stereocenters. The third-order valence-electron chi connectivity index (χ3n) is 4.28. The average Bonchev–Trinajstić information content (AvgIpc) is 2.70. The van der Waals surface area contributed by atoms with E-state index in [1.807, 2.05) is 31.2 Å². The van der Waals surface area contributed by atoms with Gasteiger partial charge >= 0.3 is 0 Å². The summed E-state index contributed by atoms with van der Waals surface area (Å²) in [5.41, 5.74) is 0.414. The molecular weight excluding hydrogens is 432 g/mol. The Hall–Kier alpha value is -2.04. The number of rotatable bonds is 11. The van der Waals surface area contributed by atoms with Crippen LogP contribution in [0.15, 0.2) is 47.4 Å². The van der Waals surface area contributed by atoms with Crippen LogP contribution in [0.1, 0.15) is 25.5 Å². The molecule has 2 aromatic carbocycles. The highest BCUT2D eigenvalue weighted by Gasteiger charge is 2.21. The summed E-state index contributed by atoms with van der Waals surface area (Å²) < 4.78 is 39.8. The fourth-order valence-electron chi connectivity index (χ4n) is 2.79. The van der Waals surface area contributed by atoms with Crippen LogP contribution in [0.25, 0.3) is 0 Å². The second-order valence-electron chi connectivity index (χ2n) is 6.37. The minimum atomic E-state index is -3.98. The van der Waals surface area contributed by atoms with Crippen molar-refractivity contribution in [3.63, 3.8) is 0 Å². The Balaban J connectivity index is 0.00000450. The number of ether oxygens (including phenoxy) is 3. The van der Waals surface area contributed by atoms with Crippen LogP contribution >= 0.6 is 12.4 Å². The van der Waals surface area contributed by atoms with E-state index in [2.05, 4.69) is 5.32 Å². The molecule has 0 aromatic heterocycles. The summed E-state index contributed by atoms with van der Waals surface area (Å²) in [5.74, 6) is 1.46. The first-order chi connectivity index (χ1) is 13.8. The number of para-hydroxylation sites is 2. The van der Waals surface area contributed by atoms with Crippen molar-refractivity contribution >= 4 is 22.4 Å². The number of nitrogens with two attached hydrogens (primary N) is 1. The highest BCUT2D eigenvalue weighted by molar-refractivity contribution is 7.89. The average molecular weight is 461 g/mol. The molecule has 0 aliphatic heterocycles. The molecule has 0 saturated carbocycles. The van der Waals surface area contributed by atoms with Crippen molar-refractivity contribution in [2.45, 2.75) is 30.9 Å². The van der Waals surface area contributed by atoms with Gasteiger partial charge in [-0.25, -0.2) is 13.6 Å². The van der Waals surface area contributed by atoms with Crippen LogP contribution in [-0.2, 0) is 10.0 Å². The zero-order chi connectivity index (χ0) is 21.4. The van der Waals surface area contributed by atoms with Gasteiger partial charge in [-0.2, -0.15) is 0 Å². The summed E-state index contributed by atoms with van der Waals surface area (Å²) in [5, 5.41) is 19.0. The fraction of sp³-hybridized carbons (Fsp3) is 0.400. The first-order valence-electron chi connectivity index (χ1n) is 9.24. The van der Waals surface area contributed by atoms with Crippen LogP contribution in [0, 0.1) is 0 Å². The molecule has 0 bridgehead atoms. The third-order valence-corrected chi connectivity index (χ3v) is 5.22. The smallest absolute Gasteiger partial charge is 0.241 e. The Morgan fingerprint density at radius 2 is 1.73 bits per heavy atom. The molecule has 2 aromatic rings. The molecule has 0 radical (unpaired) electrons. The van der Waals surface area contributed by atoms with Crippen molar-refractivity contribution in [3.8, 4) is 17.2 Å². The van der Waals surface area contributed by atoms with Gasteiger partial charge in [0.25, 0.3) is 0 Å². The molecule has 30 heavy (non-hydrogen) atoms. The Kier molecular flexibility index (Phi) is 10.4. The van der Waals surface area contributed by atoms with Crippen LogP contribution in [0.5, 0.6) is 17.2 Å². The zero-order valence-electron chi connectivity index (χ0n) is 17.2. The monoisotopic (exact) mass is 460 g/mol. The van der Waals surface area contributed by atoms with Gasteiger partial charge in [0.05, 0.1) is 19.8 Å². The molecule has 0 amide bonds. The van der Waals surface area contributed by atoms with Gasteiger partial charge < -0.3 is 24.6 Å². The summed E-state index contributed by atoms with van der Waals surface area (Å²) >= 11 is 0. The lowest BCUT2D eigenvalue weighted by Crippen LogP contribution is -2.35. The number of aliphatic hydroxyl groups is 1. The number of hydrogen-bond donors (Lipinski definition) is 3. The Morgan fingerprint density at radius 1 is 1.10 bits per heavy atom. The molecule has 2 rings (SSSR count). The Morgan fingerprint density at radius 3 is 2.30 bits per heavy atom. The van der Waals surface area contributed by atoms with E-state index in [1.54, 1.807) is 13.0 Å². The quantitative estimate of drug-likeness (QED) is 0.440. The van der Waals surface area contributed by atoms with Gasteiger partial charge in [0.1, 0.15) is 17.3 Å². The normalized spacial score (nSPS) is 13.1. The lowest BCUT2D eigenvalue weighted by atomic mass is 10.0. The molecule has 0 fully saturated rings. The van der Waals surface area contributed by atoms with Gasteiger partial charge in [0.15, 0.2) is 11.5 Å². The Labute approximate surface area is 183 Å². The van der Waals surface area contributed by atoms with E-state index < -0.39 is 16.1 Å². The lowest BCUT2D eigenvalue weighted by molar-refractivity contribution is 0.132. The highest BCUT2D eigenvalue weighted by Crippen LogP contribution is 2.28. The summed E-state index contributed by atoms with van der Waals surface area (Å²) in [7, 11) is -2.62. The van der Waals surface area contributed by atoms with E-state index in [4.69, 9.17) is 19.3 Å². The number of aliphatic hydroxyl groups excluding tert-OH is 1. The number of halogens is 1. The Bertz CT molecular complexity index is 910. The van der Waals surface area contributed by atoms with Crippen molar-refractivity contribution < 1.29 is 27.7 Å². The molecule has 0 heterocycles. The zero-order valence-corrected chi connectivity index (χ0v) is 18.8. The first kappa shape index (κ1) is 26.0. The summed E-state index contributed by atoms with van der Waals surface area (Å²) in [6, 6.07) is 11.4. The number of benzene rings is 2. The molecular formula is C20H29ClN2O6S. The van der Waals surface area contributed by atoms with Crippen LogP contribution in [0.4, 0.5) is 0 Å². The van der Waals surface area contributed by atoms with Crippen LogP contribution in [0.2, 0.25) is 0 Å². The van der Waals surface area contributed by atoms with Crippen molar-refractivity contribution in [1.82, 2.24) is 5.32 Å². The van der Waals surface area contributed by atoms with E-state index >= 15 is 0 Å². The second kappa shape index (κ2) is 12.0. The van der Waals surface area contributed by atoms with Crippen molar-refractivity contribution in [1.29, 1.82) is 0 Å². The van der Waals surface area contributed by atoms with E-state index in [1.165, 1.54) is 19.2 Å². The predicted octanol–water partition coefficient (Wildman–Crippen LogP) is 2.25. The first-order valence-corrected chi connectivity index (χ1v) is 10.8. The van der Waals surface area contributed by atoms with E-state index in [0.717, 1.165) is 0 Å². The lowest BCUT2D eigenvalue weighted by Gasteiger charge is -2.22. The summed E-state index contributed by atoms with van der Waals surface area (Å²) in [6.07, 6.45) is -0.947. The second-order valence-corrected chi connectivity index (χ2v) is 7.90. The number of hydrogen-bond acceptors (Lipinski definition) is 7. The molecule has 0 aliphatic rings. The largest absolute Gasteiger partial charge is 0.495 e. The summed E-state index contributed by atoms with van der Waals surface area (Å²) in [6.45, 7) is 5.08. The van der Waals surface area contributed by atoms with Crippen LogP contribution in [-0.4, -0.2) is 46.4 Å². The van der Waals surface area contributed by atoms with Gasteiger partial charge in [0, 0.05) is 12.6 Å². The molecule has 0 spiro atoms. The number of sulfonamides is 1. The van der Waals surface area contributed by atoms with Gasteiger partial charge in [-0.15, -0.1) is 12.4 Å². The van der Waals surface area contributed by atoms with Crippen molar-refractivity contribution in [2.75, 3.05) is 26.9 Å². The number of methoxy groups -OCH3 is 1. The maximum atomic E-state index is 11.8. The van der Waals surface area contributed by atoms with Crippen LogP contribution in [0.3, 0.4) is 0 Å². The number of primary sulfonamides is 1. The molecule has 2 atom stereocenters. The van der Waals surface area contributed by atoms with E-state index in [0.29, 0.717) is 36.8 Å². The van der Waals surface area contributed by atoms with Crippen molar-refractivity contribution in [2.24, 2.45) is 5.14 Å². The van der Waals surface area contributed by atoms with Crippen LogP contribution < -0.4 is 24.7 Å². The fourth-order valence-corrected chi connectivity index (χ4v) is 3.52. The standard InChI is InChI=1S/C20H28N2O6S.ClH/c1-4-27-16-7-5-6-8-17(16)28-12-11-22-14(2)20(23)15-9-10-18(26-3)19(13-15)29(21,24)25;/h5-10,13-14,20,22-23H,4,11-12H2,1-3H3,(H2,21,24,25);1H. The van der Waals surface area contributed by atoms with Gasteiger partial charge in [-0.1, -0.05) is 18.2 Å².